The fourth-order valence-corrected chi connectivity index (χ4v) is 6.12. The number of hydrogen-bond donors (Lipinski definition) is 3. The second-order valence-electron chi connectivity index (χ2n) is 10.6. The zero-order valence-electron chi connectivity index (χ0n) is 22.2. The van der Waals surface area contributed by atoms with Crippen molar-refractivity contribution in [3.63, 3.8) is 0 Å². The summed E-state index contributed by atoms with van der Waals surface area (Å²) in [6, 6.07) is 15.0. The number of hydrogen-bond acceptors (Lipinski definition) is 3. The van der Waals surface area contributed by atoms with Crippen molar-refractivity contribution in [2.75, 3.05) is 13.1 Å². The first-order valence-electron chi connectivity index (χ1n) is 13.7. The molecule has 0 bridgehead atoms. The molecule has 3 N–H and O–H groups in total. The van der Waals surface area contributed by atoms with Gasteiger partial charge in [0.05, 0.1) is 0 Å². The molecule has 0 atom stereocenters. The molecule has 0 radical (unpaired) electrons. The lowest BCUT2D eigenvalue weighted by molar-refractivity contribution is -0.141. The third-order valence-corrected chi connectivity index (χ3v) is 7.93. The molecule has 0 aliphatic heterocycles. The molecule has 210 valence electrons. The van der Waals surface area contributed by atoms with Crippen LogP contribution in [0.5, 0.6) is 0 Å². The van der Waals surface area contributed by atoms with Crippen LogP contribution in [0, 0.1) is 5.92 Å². The molecule has 1 fully saturated rings. The van der Waals surface area contributed by atoms with Crippen LogP contribution in [0.1, 0.15) is 69.4 Å². The third kappa shape index (κ3) is 6.62. The average Bonchev–Trinajstić information content (AvgIpc) is 3.19. The van der Waals surface area contributed by atoms with Gasteiger partial charge in [0.15, 0.2) is 0 Å². The molecule has 0 aromatic heterocycles. The second kappa shape index (κ2) is 12.2. The van der Waals surface area contributed by atoms with Crippen LogP contribution in [0.2, 0.25) is 0 Å². The Morgan fingerprint density at radius 3 is 2.00 bits per heavy atom. The van der Waals surface area contributed by atoms with Gasteiger partial charge < -0.3 is 16.0 Å². The molecule has 0 saturated heterocycles. The van der Waals surface area contributed by atoms with Crippen LogP contribution in [-0.4, -0.2) is 43.0 Å². The van der Waals surface area contributed by atoms with Crippen LogP contribution in [-0.2, 0) is 19.8 Å². The van der Waals surface area contributed by atoms with Crippen LogP contribution in [0.25, 0.3) is 11.1 Å². The van der Waals surface area contributed by atoms with Crippen molar-refractivity contribution in [1.82, 2.24) is 16.0 Å². The van der Waals surface area contributed by atoms with Crippen molar-refractivity contribution in [3.8, 4) is 11.1 Å². The fourth-order valence-electron chi connectivity index (χ4n) is 6.12. The van der Waals surface area contributed by atoms with Gasteiger partial charge in [0.2, 0.25) is 17.7 Å². The number of carbonyl (C=O) groups is 3. The molecule has 0 heterocycles. The summed E-state index contributed by atoms with van der Waals surface area (Å²) in [5.41, 5.74) is 2.00. The predicted octanol–water partition coefficient (Wildman–Crippen LogP) is 5.00. The first-order valence-corrected chi connectivity index (χ1v) is 13.7. The lowest BCUT2D eigenvalue weighted by atomic mass is 9.73. The van der Waals surface area contributed by atoms with Gasteiger partial charge in [0.25, 0.3) is 0 Å². The maximum atomic E-state index is 13.5. The summed E-state index contributed by atoms with van der Waals surface area (Å²) >= 11 is 0. The van der Waals surface area contributed by atoms with E-state index in [-0.39, 0.29) is 23.8 Å². The van der Waals surface area contributed by atoms with E-state index in [1.807, 2.05) is 48.5 Å². The molecular formula is C30H36F3N3O3. The van der Waals surface area contributed by atoms with Gasteiger partial charge in [-0.15, -0.1) is 0 Å². The smallest absolute Gasteiger partial charge is 0.356 e. The van der Waals surface area contributed by atoms with E-state index < -0.39 is 24.0 Å². The van der Waals surface area contributed by atoms with Gasteiger partial charge in [-0.2, -0.15) is 13.2 Å². The van der Waals surface area contributed by atoms with Crippen molar-refractivity contribution >= 4 is 17.7 Å². The minimum absolute atomic E-state index is 0.0259. The summed E-state index contributed by atoms with van der Waals surface area (Å²) in [5.74, 6) is -0.715. The highest BCUT2D eigenvalue weighted by Gasteiger charge is 2.49. The van der Waals surface area contributed by atoms with Crippen molar-refractivity contribution in [2.24, 2.45) is 5.92 Å². The Labute approximate surface area is 227 Å². The van der Waals surface area contributed by atoms with E-state index in [0.29, 0.717) is 32.2 Å². The Hall–Kier alpha value is -3.36. The molecule has 1 saturated carbocycles. The fraction of sp³-hybridized carbons (Fsp3) is 0.500. The van der Waals surface area contributed by atoms with Crippen LogP contribution in [0.3, 0.4) is 0 Å². The van der Waals surface area contributed by atoms with Crippen molar-refractivity contribution in [2.45, 2.75) is 75.9 Å². The van der Waals surface area contributed by atoms with Crippen LogP contribution in [0.4, 0.5) is 13.2 Å². The summed E-state index contributed by atoms with van der Waals surface area (Å²) in [4.78, 5) is 37.3. The van der Waals surface area contributed by atoms with Crippen molar-refractivity contribution in [1.29, 1.82) is 0 Å². The van der Waals surface area contributed by atoms with E-state index in [0.717, 1.165) is 47.9 Å². The Balaban J connectivity index is 1.35. The largest absolute Gasteiger partial charge is 0.405 e. The third-order valence-electron chi connectivity index (χ3n) is 7.93. The maximum absolute atomic E-state index is 13.5. The molecule has 2 aromatic rings. The predicted molar refractivity (Wildman–Crippen MR) is 143 cm³/mol. The molecule has 3 amide bonds. The Bertz CT molecular complexity index is 1140. The van der Waals surface area contributed by atoms with E-state index >= 15 is 0 Å². The van der Waals surface area contributed by atoms with Crippen LogP contribution < -0.4 is 16.0 Å². The molecule has 0 spiro atoms. The normalized spacial score (nSPS) is 19.5. The highest BCUT2D eigenvalue weighted by atomic mass is 19.4. The SMILES string of the molecule is CC(=O)NC1CCC(C(=O)NCCCCCC2(C(=O)NCC(F)(F)F)c3ccccc3-c3ccccc32)CC1. The molecule has 4 rings (SSSR count). The lowest BCUT2D eigenvalue weighted by Gasteiger charge is -2.31. The average molecular weight is 544 g/mol. The Kier molecular flexibility index (Phi) is 8.97. The summed E-state index contributed by atoms with van der Waals surface area (Å²) in [5, 5.41) is 8.08. The molecule has 2 aliphatic rings. The Morgan fingerprint density at radius 2 is 1.44 bits per heavy atom. The van der Waals surface area contributed by atoms with E-state index in [2.05, 4.69) is 16.0 Å². The number of amides is 3. The molecular weight excluding hydrogens is 507 g/mol. The monoisotopic (exact) mass is 543 g/mol. The highest BCUT2D eigenvalue weighted by molar-refractivity contribution is 6.00. The number of alkyl halides is 3. The Morgan fingerprint density at radius 1 is 0.846 bits per heavy atom. The zero-order chi connectivity index (χ0) is 28.0. The molecule has 6 nitrogen and oxygen atoms in total. The molecule has 2 aliphatic carbocycles. The zero-order valence-corrected chi connectivity index (χ0v) is 22.2. The first kappa shape index (κ1) is 28.6. The minimum atomic E-state index is -4.50. The van der Waals surface area contributed by atoms with Gasteiger partial charge in [-0.25, -0.2) is 0 Å². The van der Waals surface area contributed by atoms with Gasteiger partial charge in [-0.05, 0) is 60.8 Å². The van der Waals surface area contributed by atoms with E-state index in [1.54, 1.807) is 0 Å². The molecule has 2 aromatic carbocycles. The number of rotatable bonds is 10. The van der Waals surface area contributed by atoms with Gasteiger partial charge in [-0.3, -0.25) is 14.4 Å². The first-order chi connectivity index (χ1) is 18.6. The summed E-state index contributed by atoms with van der Waals surface area (Å²) in [7, 11) is 0. The summed E-state index contributed by atoms with van der Waals surface area (Å²) < 4.78 is 39.0. The van der Waals surface area contributed by atoms with E-state index in [1.165, 1.54) is 6.92 Å². The number of unbranched alkanes of at least 4 members (excludes halogenated alkanes) is 2. The van der Waals surface area contributed by atoms with Crippen LogP contribution >= 0.6 is 0 Å². The summed E-state index contributed by atoms with van der Waals surface area (Å²) in [6.45, 7) is 0.626. The van der Waals surface area contributed by atoms with Crippen molar-refractivity contribution in [3.05, 3.63) is 59.7 Å². The standard InChI is InChI=1S/C30H36F3N3O3/c1-20(37)36-22-15-13-21(14-16-22)27(38)34-18-8-2-7-17-29(28(39)35-19-30(31,32)33)25-11-5-3-9-23(25)24-10-4-6-12-26(24)29/h3-6,9-12,21-22H,2,7-8,13-19H2,1H3,(H,34,38)(H,35,39)(H,36,37). The van der Waals surface area contributed by atoms with Crippen LogP contribution in [0.15, 0.2) is 48.5 Å². The van der Waals surface area contributed by atoms with E-state index in [4.69, 9.17) is 0 Å². The maximum Gasteiger partial charge on any atom is 0.405 e. The number of halogens is 3. The molecule has 0 unspecified atom stereocenters. The molecule has 9 heteroatoms. The quantitative estimate of drug-likeness (QED) is 0.369. The minimum Gasteiger partial charge on any atom is -0.356 e. The number of nitrogens with one attached hydrogen (secondary N) is 3. The lowest BCUT2D eigenvalue weighted by Crippen LogP contribution is -2.47. The topological polar surface area (TPSA) is 87.3 Å². The van der Waals surface area contributed by atoms with Gasteiger partial charge in [-0.1, -0.05) is 61.4 Å². The van der Waals surface area contributed by atoms with Gasteiger partial charge in [0.1, 0.15) is 12.0 Å². The number of fused-ring (bicyclic) bond motifs is 3. The van der Waals surface area contributed by atoms with Gasteiger partial charge >= 0.3 is 6.18 Å². The summed E-state index contributed by atoms with van der Waals surface area (Å²) in [6.07, 6.45) is 0.959. The number of benzene rings is 2. The molecule has 39 heavy (non-hydrogen) atoms. The van der Waals surface area contributed by atoms with Crippen molar-refractivity contribution < 1.29 is 27.6 Å². The number of carbonyl (C=O) groups excluding carboxylic acids is 3. The van der Waals surface area contributed by atoms with Gasteiger partial charge in [0, 0.05) is 25.4 Å². The highest BCUT2D eigenvalue weighted by Crippen LogP contribution is 2.51. The second-order valence-corrected chi connectivity index (χ2v) is 10.6. The van der Waals surface area contributed by atoms with E-state index in [9.17, 15) is 27.6 Å².